The molecule has 1 aromatic carbocycles. The van der Waals surface area contributed by atoms with E-state index >= 15 is 0 Å². The Balaban J connectivity index is 1.89. The molecule has 0 fully saturated rings. The second-order valence-corrected chi connectivity index (χ2v) is 8.93. The fraction of sp³-hybridized carbons (Fsp3) is 0.263. The molecule has 0 aliphatic carbocycles. The topological polar surface area (TPSA) is 158 Å². The van der Waals surface area contributed by atoms with Gasteiger partial charge in [0.25, 0.3) is 11.8 Å². The Bertz CT molecular complexity index is 1330. The van der Waals surface area contributed by atoms with E-state index in [4.69, 9.17) is 0 Å². The lowest BCUT2D eigenvalue weighted by Gasteiger charge is -2.15. The van der Waals surface area contributed by atoms with Gasteiger partial charge >= 0.3 is 6.61 Å². The van der Waals surface area contributed by atoms with Crippen LogP contribution in [0.5, 0.6) is 5.75 Å². The summed E-state index contributed by atoms with van der Waals surface area (Å²) < 4.78 is 54.7. The number of carbonyl (C=O) groups is 2. The first-order valence-electron chi connectivity index (χ1n) is 9.55. The molecule has 3 rings (SSSR count). The van der Waals surface area contributed by atoms with E-state index in [0.717, 1.165) is 30.8 Å². The van der Waals surface area contributed by atoms with Crippen molar-refractivity contribution in [3.05, 3.63) is 54.0 Å². The van der Waals surface area contributed by atoms with E-state index in [9.17, 15) is 26.8 Å². The second-order valence-electron chi connectivity index (χ2n) is 6.91. The maximum absolute atomic E-state index is 12.8. The lowest BCUT2D eigenvalue weighted by molar-refractivity contribution is -0.0500. The molecule has 2 aromatic heterocycles. The second kappa shape index (κ2) is 9.86. The molecule has 3 aromatic rings. The summed E-state index contributed by atoms with van der Waals surface area (Å²) in [5.74, 6) is -1.28. The van der Waals surface area contributed by atoms with Gasteiger partial charge in [-0.05, 0) is 25.1 Å². The molecule has 1 atom stereocenters. The molecule has 34 heavy (non-hydrogen) atoms. The molecule has 2 amide bonds. The van der Waals surface area contributed by atoms with Gasteiger partial charge in [-0.25, -0.2) is 23.4 Å². The van der Waals surface area contributed by atoms with Crippen molar-refractivity contribution in [1.82, 2.24) is 35.4 Å². The van der Waals surface area contributed by atoms with Crippen molar-refractivity contribution < 1.29 is 31.5 Å². The third-order valence-electron chi connectivity index (χ3n) is 4.43. The van der Waals surface area contributed by atoms with Gasteiger partial charge in [-0.15, -0.1) is 0 Å². The van der Waals surface area contributed by atoms with Gasteiger partial charge in [0.05, 0.1) is 10.9 Å². The van der Waals surface area contributed by atoms with E-state index in [0.29, 0.717) is 0 Å². The summed E-state index contributed by atoms with van der Waals surface area (Å²) in [5, 5.41) is 9.09. The quantitative estimate of drug-likeness (QED) is 0.463. The highest BCUT2D eigenvalue weighted by atomic mass is 32.2. The largest absolute Gasteiger partial charge is 0.435 e. The van der Waals surface area contributed by atoms with Crippen molar-refractivity contribution in [1.29, 1.82) is 0 Å². The Morgan fingerprint density at radius 3 is 2.44 bits per heavy atom. The SMILES string of the molecule is CNC(=O)c1cc(-n2ncnc2[C@H](C)NC(=O)c2cc(OC(F)F)cc(S(C)(=O)=O)c2)ncn1. The third-order valence-corrected chi connectivity index (χ3v) is 5.53. The van der Waals surface area contributed by atoms with Crippen LogP contribution in [0.3, 0.4) is 0 Å². The van der Waals surface area contributed by atoms with Gasteiger partial charge in [0.2, 0.25) is 0 Å². The van der Waals surface area contributed by atoms with E-state index in [1.807, 2.05) is 0 Å². The lowest BCUT2D eigenvalue weighted by atomic mass is 10.2. The number of nitrogens with one attached hydrogen (secondary N) is 2. The fourth-order valence-corrected chi connectivity index (χ4v) is 3.54. The van der Waals surface area contributed by atoms with Crippen LogP contribution in [-0.2, 0) is 9.84 Å². The van der Waals surface area contributed by atoms with E-state index in [-0.39, 0.29) is 27.8 Å². The molecule has 180 valence electrons. The highest BCUT2D eigenvalue weighted by Crippen LogP contribution is 2.23. The molecule has 0 saturated carbocycles. The van der Waals surface area contributed by atoms with Crippen molar-refractivity contribution in [3.8, 4) is 11.6 Å². The number of alkyl halides is 2. The van der Waals surface area contributed by atoms with Crippen LogP contribution >= 0.6 is 0 Å². The molecular weight excluding hydrogens is 476 g/mol. The Hall–Kier alpha value is -4.01. The number of ether oxygens (including phenoxy) is 1. The molecule has 0 saturated heterocycles. The number of benzene rings is 1. The zero-order chi connectivity index (χ0) is 25.0. The molecule has 0 spiro atoms. The van der Waals surface area contributed by atoms with Crippen LogP contribution in [0.4, 0.5) is 8.78 Å². The lowest BCUT2D eigenvalue weighted by Crippen LogP contribution is -2.29. The molecule has 12 nitrogen and oxygen atoms in total. The number of hydrogen-bond acceptors (Lipinski definition) is 9. The first kappa shape index (κ1) is 24.6. The first-order valence-corrected chi connectivity index (χ1v) is 11.4. The summed E-state index contributed by atoms with van der Waals surface area (Å²) in [6, 6.07) is 3.51. The van der Waals surface area contributed by atoms with Crippen molar-refractivity contribution in [2.45, 2.75) is 24.5 Å². The van der Waals surface area contributed by atoms with Gasteiger partial charge < -0.3 is 15.4 Å². The number of amides is 2. The summed E-state index contributed by atoms with van der Waals surface area (Å²) in [6.07, 6.45) is 3.24. The molecule has 2 heterocycles. The number of sulfone groups is 1. The smallest absolute Gasteiger partial charge is 0.387 e. The minimum Gasteiger partial charge on any atom is -0.435 e. The maximum Gasteiger partial charge on any atom is 0.387 e. The first-order chi connectivity index (χ1) is 16.0. The standard InChI is InChI=1S/C19H19F2N7O5S/c1-10(16-25-9-26-28(16)15-7-14(18(30)22-2)23-8-24-15)27-17(29)11-4-12(33-19(20)21)6-13(5-11)34(3,31)32/h4-10,19H,1-3H3,(H,22,30)(H,27,29)/t10-/m0/s1. The summed E-state index contributed by atoms with van der Waals surface area (Å²) in [6.45, 7) is -1.65. The van der Waals surface area contributed by atoms with Crippen LogP contribution in [0.2, 0.25) is 0 Å². The van der Waals surface area contributed by atoms with Gasteiger partial charge in [-0.3, -0.25) is 9.59 Å². The Morgan fingerprint density at radius 2 is 1.79 bits per heavy atom. The number of nitrogens with zero attached hydrogens (tertiary/aromatic N) is 5. The molecule has 0 aliphatic rings. The number of rotatable bonds is 8. The number of hydrogen-bond donors (Lipinski definition) is 2. The van der Waals surface area contributed by atoms with E-state index < -0.39 is 40.1 Å². The summed E-state index contributed by atoms with van der Waals surface area (Å²) in [5.41, 5.74) is -0.143. The Kier molecular flexibility index (Phi) is 7.14. The van der Waals surface area contributed by atoms with Crippen molar-refractivity contribution in [2.75, 3.05) is 13.3 Å². The zero-order valence-electron chi connectivity index (χ0n) is 18.1. The normalized spacial score (nSPS) is 12.3. The van der Waals surface area contributed by atoms with Crippen LogP contribution in [0, 0.1) is 0 Å². The average molecular weight is 495 g/mol. The van der Waals surface area contributed by atoms with Gasteiger partial charge in [0, 0.05) is 24.9 Å². The summed E-state index contributed by atoms with van der Waals surface area (Å²) in [4.78, 5) is 36.3. The molecule has 15 heteroatoms. The molecular formula is C19H19F2N7O5S. The van der Waals surface area contributed by atoms with Crippen molar-refractivity contribution >= 4 is 21.7 Å². The minimum absolute atomic E-state index is 0.0785. The molecule has 2 N–H and O–H groups in total. The molecule has 0 aliphatic heterocycles. The number of aromatic nitrogens is 5. The molecule has 0 unspecified atom stereocenters. The monoisotopic (exact) mass is 495 g/mol. The van der Waals surface area contributed by atoms with Crippen LogP contribution in [0.15, 0.2) is 41.8 Å². The van der Waals surface area contributed by atoms with E-state index in [1.165, 1.54) is 24.1 Å². The highest BCUT2D eigenvalue weighted by molar-refractivity contribution is 7.90. The van der Waals surface area contributed by atoms with Crippen molar-refractivity contribution in [2.24, 2.45) is 0 Å². The van der Waals surface area contributed by atoms with Crippen LogP contribution < -0.4 is 15.4 Å². The van der Waals surface area contributed by atoms with E-state index in [2.05, 4.69) is 35.4 Å². The summed E-state index contributed by atoms with van der Waals surface area (Å²) in [7, 11) is -2.38. The maximum atomic E-state index is 12.8. The zero-order valence-corrected chi connectivity index (χ0v) is 18.9. The van der Waals surface area contributed by atoms with Crippen LogP contribution in [0.25, 0.3) is 5.82 Å². The predicted octanol–water partition coefficient (Wildman–Crippen LogP) is 0.913. The van der Waals surface area contributed by atoms with E-state index in [1.54, 1.807) is 6.92 Å². The predicted molar refractivity (Wildman–Crippen MR) is 112 cm³/mol. The average Bonchev–Trinajstić information content (AvgIpc) is 3.27. The Labute approximate surface area is 192 Å². The molecule has 0 radical (unpaired) electrons. The van der Waals surface area contributed by atoms with Gasteiger partial charge in [0.15, 0.2) is 21.5 Å². The van der Waals surface area contributed by atoms with Gasteiger partial charge in [-0.1, -0.05) is 0 Å². The van der Waals surface area contributed by atoms with Crippen LogP contribution in [-0.4, -0.2) is 64.9 Å². The summed E-state index contributed by atoms with van der Waals surface area (Å²) >= 11 is 0. The Morgan fingerprint density at radius 1 is 1.06 bits per heavy atom. The van der Waals surface area contributed by atoms with Crippen LogP contribution in [0.1, 0.15) is 39.6 Å². The van der Waals surface area contributed by atoms with Gasteiger partial charge in [-0.2, -0.15) is 18.6 Å². The van der Waals surface area contributed by atoms with Gasteiger partial charge in [0.1, 0.15) is 24.1 Å². The number of halogens is 2. The fourth-order valence-electron chi connectivity index (χ4n) is 2.87. The number of carbonyl (C=O) groups excluding carboxylic acids is 2. The van der Waals surface area contributed by atoms with Crippen molar-refractivity contribution in [3.63, 3.8) is 0 Å². The highest BCUT2D eigenvalue weighted by Gasteiger charge is 2.21. The minimum atomic E-state index is -3.82. The molecule has 0 bridgehead atoms. The third kappa shape index (κ3) is 5.67.